The van der Waals surface area contributed by atoms with Gasteiger partial charge in [-0.1, -0.05) is 18.2 Å². The van der Waals surface area contributed by atoms with Crippen LogP contribution in [-0.4, -0.2) is 31.1 Å². The van der Waals surface area contributed by atoms with Crippen molar-refractivity contribution in [3.63, 3.8) is 0 Å². The van der Waals surface area contributed by atoms with E-state index in [2.05, 4.69) is 0 Å². The summed E-state index contributed by atoms with van der Waals surface area (Å²) in [6.45, 7) is 7.57. The SMILES string of the molecule is CCOc1ccc(C(=O)N(C)Cc2ccccc2OCC)cc1C. The van der Waals surface area contributed by atoms with E-state index in [0.717, 1.165) is 22.6 Å². The van der Waals surface area contributed by atoms with Gasteiger partial charge < -0.3 is 14.4 Å². The molecule has 128 valence electrons. The maximum Gasteiger partial charge on any atom is 0.253 e. The number of benzene rings is 2. The Morgan fingerprint density at radius 1 is 1.00 bits per heavy atom. The molecular weight excluding hydrogens is 302 g/mol. The lowest BCUT2D eigenvalue weighted by Gasteiger charge is -2.20. The van der Waals surface area contributed by atoms with E-state index in [1.807, 2.05) is 63.2 Å². The van der Waals surface area contributed by atoms with Crippen LogP contribution >= 0.6 is 0 Å². The zero-order valence-electron chi connectivity index (χ0n) is 14.8. The molecule has 0 bridgehead atoms. The molecule has 0 aliphatic carbocycles. The Morgan fingerprint density at radius 2 is 1.67 bits per heavy atom. The van der Waals surface area contributed by atoms with Gasteiger partial charge >= 0.3 is 0 Å². The quantitative estimate of drug-likeness (QED) is 0.769. The highest BCUT2D eigenvalue weighted by atomic mass is 16.5. The molecule has 0 spiro atoms. The van der Waals surface area contributed by atoms with Crippen LogP contribution in [0.5, 0.6) is 11.5 Å². The van der Waals surface area contributed by atoms with Crippen molar-refractivity contribution in [1.29, 1.82) is 0 Å². The third kappa shape index (κ3) is 4.28. The Hall–Kier alpha value is -2.49. The predicted molar refractivity (Wildman–Crippen MR) is 95.8 cm³/mol. The topological polar surface area (TPSA) is 38.8 Å². The highest BCUT2D eigenvalue weighted by Gasteiger charge is 2.15. The molecule has 4 nitrogen and oxygen atoms in total. The van der Waals surface area contributed by atoms with Crippen LogP contribution in [0.4, 0.5) is 0 Å². The van der Waals surface area contributed by atoms with Crippen LogP contribution in [0.1, 0.15) is 35.3 Å². The molecular formula is C20H25NO3. The first-order chi connectivity index (χ1) is 11.6. The minimum Gasteiger partial charge on any atom is -0.494 e. The van der Waals surface area contributed by atoms with Crippen molar-refractivity contribution in [3.05, 3.63) is 59.2 Å². The summed E-state index contributed by atoms with van der Waals surface area (Å²) in [5.41, 5.74) is 2.62. The van der Waals surface area contributed by atoms with E-state index in [1.54, 1.807) is 11.9 Å². The first-order valence-electron chi connectivity index (χ1n) is 8.26. The summed E-state index contributed by atoms with van der Waals surface area (Å²) in [4.78, 5) is 14.4. The molecule has 24 heavy (non-hydrogen) atoms. The van der Waals surface area contributed by atoms with Crippen LogP contribution in [0.15, 0.2) is 42.5 Å². The number of amides is 1. The van der Waals surface area contributed by atoms with Gasteiger partial charge in [-0.05, 0) is 50.6 Å². The average Bonchev–Trinajstić information content (AvgIpc) is 2.58. The monoisotopic (exact) mass is 327 g/mol. The highest BCUT2D eigenvalue weighted by Crippen LogP contribution is 2.22. The van der Waals surface area contributed by atoms with Crippen LogP contribution < -0.4 is 9.47 Å². The second-order valence-corrected chi connectivity index (χ2v) is 5.62. The molecule has 0 heterocycles. The summed E-state index contributed by atoms with van der Waals surface area (Å²) in [7, 11) is 1.80. The third-order valence-electron chi connectivity index (χ3n) is 3.75. The number of rotatable bonds is 7. The standard InChI is InChI=1S/C20H25NO3/c1-5-23-18-12-11-16(13-15(18)3)20(22)21(4)14-17-9-7-8-10-19(17)24-6-2/h7-13H,5-6,14H2,1-4H3. The minimum absolute atomic E-state index is 0.0209. The molecule has 0 atom stereocenters. The number of nitrogens with zero attached hydrogens (tertiary/aromatic N) is 1. The number of hydrogen-bond acceptors (Lipinski definition) is 3. The Kier molecular flexibility index (Phi) is 6.24. The molecule has 4 heteroatoms. The number of carbonyl (C=O) groups is 1. The van der Waals surface area contributed by atoms with Crippen molar-refractivity contribution in [2.75, 3.05) is 20.3 Å². The molecule has 1 amide bonds. The fourth-order valence-electron chi connectivity index (χ4n) is 2.58. The molecule has 0 saturated heterocycles. The largest absolute Gasteiger partial charge is 0.494 e. The second kappa shape index (κ2) is 8.39. The minimum atomic E-state index is -0.0209. The summed E-state index contributed by atoms with van der Waals surface area (Å²) in [5.74, 6) is 1.62. The summed E-state index contributed by atoms with van der Waals surface area (Å²) in [6.07, 6.45) is 0. The molecule has 0 fully saturated rings. The molecule has 0 saturated carbocycles. The lowest BCUT2D eigenvalue weighted by atomic mass is 10.1. The summed E-state index contributed by atoms with van der Waals surface area (Å²) in [6, 6.07) is 13.3. The normalized spacial score (nSPS) is 10.3. The molecule has 0 radical (unpaired) electrons. The Morgan fingerprint density at radius 3 is 2.33 bits per heavy atom. The molecule has 0 unspecified atom stereocenters. The lowest BCUT2D eigenvalue weighted by molar-refractivity contribution is 0.0784. The first-order valence-corrected chi connectivity index (χ1v) is 8.26. The van der Waals surface area contributed by atoms with E-state index in [0.29, 0.717) is 25.3 Å². The van der Waals surface area contributed by atoms with Crippen LogP contribution in [0.3, 0.4) is 0 Å². The van der Waals surface area contributed by atoms with Crippen molar-refractivity contribution in [2.24, 2.45) is 0 Å². The second-order valence-electron chi connectivity index (χ2n) is 5.62. The van der Waals surface area contributed by atoms with Gasteiger partial charge in [-0.25, -0.2) is 0 Å². The molecule has 2 aromatic rings. The van der Waals surface area contributed by atoms with Gasteiger partial charge in [0, 0.05) is 24.7 Å². The van der Waals surface area contributed by atoms with Crippen molar-refractivity contribution in [1.82, 2.24) is 4.90 Å². The van der Waals surface area contributed by atoms with Gasteiger partial charge in [-0.15, -0.1) is 0 Å². The van der Waals surface area contributed by atoms with E-state index < -0.39 is 0 Å². The van der Waals surface area contributed by atoms with E-state index >= 15 is 0 Å². The van der Waals surface area contributed by atoms with Gasteiger partial charge in [0.15, 0.2) is 0 Å². The van der Waals surface area contributed by atoms with Gasteiger partial charge in [0.05, 0.1) is 13.2 Å². The predicted octanol–water partition coefficient (Wildman–Crippen LogP) is 4.06. The maximum atomic E-state index is 12.7. The smallest absolute Gasteiger partial charge is 0.253 e. The Labute approximate surface area is 144 Å². The van der Waals surface area contributed by atoms with Crippen molar-refractivity contribution in [3.8, 4) is 11.5 Å². The molecule has 0 N–H and O–H groups in total. The van der Waals surface area contributed by atoms with Crippen LogP contribution in [0.2, 0.25) is 0 Å². The molecule has 0 aliphatic rings. The Balaban J connectivity index is 2.14. The van der Waals surface area contributed by atoms with Crippen molar-refractivity contribution < 1.29 is 14.3 Å². The summed E-state index contributed by atoms with van der Waals surface area (Å²) in [5, 5.41) is 0. The van der Waals surface area contributed by atoms with Crippen molar-refractivity contribution >= 4 is 5.91 Å². The Bertz CT molecular complexity index is 697. The lowest BCUT2D eigenvalue weighted by Crippen LogP contribution is -2.26. The van der Waals surface area contributed by atoms with Gasteiger partial charge in [-0.2, -0.15) is 0 Å². The number of aryl methyl sites for hydroxylation is 1. The van der Waals surface area contributed by atoms with Crippen molar-refractivity contribution in [2.45, 2.75) is 27.3 Å². The summed E-state index contributed by atoms with van der Waals surface area (Å²) < 4.78 is 11.2. The maximum absolute atomic E-state index is 12.7. The fraction of sp³-hybridized carbons (Fsp3) is 0.350. The van der Waals surface area contributed by atoms with E-state index in [1.165, 1.54) is 0 Å². The number of hydrogen-bond donors (Lipinski definition) is 0. The van der Waals surface area contributed by atoms with E-state index in [9.17, 15) is 4.79 Å². The van der Waals surface area contributed by atoms with Crippen LogP contribution in [0, 0.1) is 6.92 Å². The average molecular weight is 327 g/mol. The highest BCUT2D eigenvalue weighted by molar-refractivity contribution is 5.94. The molecule has 0 aromatic heterocycles. The van der Waals surface area contributed by atoms with Gasteiger partial charge in [0.25, 0.3) is 5.91 Å². The fourth-order valence-corrected chi connectivity index (χ4v) is 2.58. The summed E-state index contributed by atoms with van der Waals surface area (Å²) >= 11 is 0. The van der Waals surface area contributed by atoms with E-state index in [4.69, 9.17) is 9.47 Å². The zero-order chi connectivity index (χ0) is 17.5. The zero-order valence-corrected chi connectivity index (χ0v) is 14.8. The third-order valence-corrected chi connectivity index (χ3v) is 3.75. The molecule has 2 aromatic carbocycles. The van der Waals surface area contributed by atoms with Crippen LogP contribution in [0.25, 0.3) is 0 Å². The van der Waals surface area contributed by atoms with Gasteiger partial charge in [0.1, 0.15) is 11.5 Å². The van der Waals surface area contributed by atoms with E-state index in [-0.39, 0.29) is 5.91 Å². The van der Waals surface area contributed by atoms with Crippen LogP contribution in [-0.2, 0) is 6.54 Å². The number of ether oxygens (including phenoxy) is 2. The number of carbonyl (C=O) groups excluding carboxylic acids is 1. The molecule has 0 aliphatic heterocycles. The first kappa shape index (κ1) is 17.9. The number of para-hydroxylation sites is 1. The van der Waals surface area contributed by atoms with Gasteiger partial charge in [-0.3, -0.25) is 4.79 Å². The molecule has 2 rings (SSSR count). The van der Waals surface area contributed by atoms with Gasteiger partial charge in [0.2, 0.25) is 0 Å².